The van der Waals surface area contributed by atoms with Gasteiger partial charge in [-0.2, -0.15) is 5.26 Å². The van der Waals surface area contributed by atoms with Crippen LogP contribution >= 0.6 is 0 Å². The molecule has 1 amide bonds. The van der Waals surface area contributed by atoms with Crippen molar-refractivity contribution in [3.8, 4) is 6.19 Å². The third-order valence-corrected chi connectivity index (χ3v) is 6.22. The Bertz CT molecular complexity index is 999. The number of benzene rings is 1. The van der Waals surface area contributed by atoms with Crippen LogP contribution in [0.5, 0.6) is 0 Å². The van der Waals surface area contributed by atoms with Crippen molar-refractivity contribution in [1.82, 2.24) is 10.2 Å². The highest BCUT2D eigenvalue weighted by Gasteiger charge is 2.32. The molecule has 1 aliphatic carbocycles. The van der Waals surface area contributed by atoms with Crippen molar-refractivity contribution in [3.05, 3.63) is 53.8 Å². The van der Waals surface area contributed by atoms with Crippen molar-refractivity contribution in [2.24, 2.45) is 4.99 Å². The summed E-state index contributed by atoms with van der Waals surface area (Å²) in [5.41, 5.74) is 3.19. The maximum absolute atomic E-state index is 12.9. The van der Waals surface area contributed by atoms with Crippen molar-refractivity contribution in [1.29, 1.82) is 5.26 Å². The number of nitrogens with zero attached hydrogens (tertiary/aromatic N) is 4. The number of nitriles is 1. The van der Waals surface area contributed by atoms with Gasteiger partial charge in [0.15, 0.2) is 6.19 Å². The van der Waals surface area contributed by atoms with Crippen molar-refractivity contribution in [3.63, 3.8) is 0 Å². The normalized spacial score (nSPS) is 20.7. The number of likely N-dealkylation sites (N-methyl/N-ethyl adjacent to an activating group) is 1. The molecule has 8 heteroatoms. The highest BCUT2D eigenvalue weighted by molar-refractivity contribution is 5.89. The lowest BCUT2D eigenvalue weighted by molar-refractivity contribution is -0.121. The second kappa shape index (κ2) is 13.0. The van der Waals surface area contributed by atoms with Crippen LogP contribution in [0.1, 0.15) is 52.5 Å². The molecule has 1 heterocycles. The summed E-state index contributed by atoms with van der Waals surface area (Å²) in [6, 6.07) is 7.88. The first-order chi connectivity index (χ1) is 17.0. The van der Waals surface area contributed by atoms with Crippen molar-refractivity contribution in [2.45, 2.75) is 76.6 Å². The maximum Gasteiger partial charge on any atom is 0.247 e. The van der Waals surface area contributed by atoms with E-state index in [0.717, 1.165) is 24.1 Å². The van der Waals surface area contributed by atoms with Gasteiger partial charge in [-0.05, 0) is 49.6 Å². The number of carbonyl (C=O) groups is 2. The summed E-state index contributed by atoms with van der Waals surface area (Å²) in [5, 5.41) is 20.5. The molecule has 2 aliphatic rings. The first kappa shape index (κ1) is 28.8. The number of nitrogens with one attached hydrogen (secondary N) is 1. The second-order valence-corrected chi connectivity index (χ2v) is 10.3. The number of likely N-dealkylation sites (tertiary alicyclic amines) is 1. The average Bonchev–Trinajstić information content (AvgIpc) is 3.57. The van der Waals surface area contributed by atoms with Crippen LogP contribution in [0.3, 0.4) is 0 Å². The molecule has 36 heavy (non-hydrogen) atoms. The Morgan fingerprint density at radius 2 is 1.97 bits per heavy atom. The van der Waals surface area contributed by atoms with Crippen LogP contribution in [0.4, 0.5) is 5.69 Å². The van der Waals surface area contributed by atoms with Crippen LogP contribution in [-0.4, -0.2) is 66.7 Å². The molecule has 3 atom stereocenters. The third-order valence-electron chi connectivity index (χ3n) is 6.22. The molecule has 0 aromatic heterocycles. The lowest BCUT2D eigenvalue weighted by Gasteiger charge is -2.30. The molecule has 0 radical (unpaired) electrons. The molecule has 2 fully saturated rings. The van der Waals surface area contributed by atoms with E-state index in [1.165, 1.54) is 10.5 Å². The number of aliphatic hydroxyl groups is 1. The summed E-state index contributed by atoms with van der Waals surface area (Å²) in [4.78, 5) is 30.3. The minimum Gasteiger partial charge on any atom is -0.391 e. The summed E-state index contributed by atoms with van der Waals surface area (Å²) < 4.78 is 0. The largest absolute Gasteiger partial charge is 0.391 e. The Labute approximate surface area is 215 Å². The summed E-state index contributed by atoms with van der Waals surface area (Å²) in [6.45, 7) is 12.4. The number of carbonyl (C=O) groups excluding carboxylic acids is 2. The summed E-state index contributed by atoms with van der Waals surface area (Å²) in [7, 11) is 1.95. The summed E-state index contributed by atoms with van der Waals surface area (Å²) in [5.74, 6) is 0.00268. The van der Waals surface area contributed by atoms with Crippen LogP contribution in [0.2, 0.25) is 0 Å². The van der Waals surface area contributed by atoms with Gasteiger partial charge in [0.05, 0.1) is 18.7 Å². The third kappa shape index (κ3) is 8.06. The number of aldehydes is 1. The van der Waals surface area contributed by atoms with Crippen molar-refractivity contribution in [2.75, 3.05) is 18.5 Å². The van der Waals surface area contributed by atoms with Gasteiger partial charge in [-0.3, -0.25) is 14.7 Å². The van der Waals surface area contributed by atoms with E-state index in [-0.39, 0.29) is 11.3 Å². The fourth-order valence-electron chi connectivity index (χ4n) is 3.99. The topological polar surface area (TPSA) is 109 Å². The van der Waals surface area contributed by atoms with E-state index in [2.05, 4.69) is 62.1 Å². The molecule has 1 aromatic rings. The van der Waals surface area contributed by atoms with Gasteiger partial charge >= 0.3 is 0 Å². The summed E-state index contributed by atoms with van der Waals surface area (Å²) >= 11 is 0. The van der Waals surface area contributed by atoms with Crippen LogP contribution < -0.4 is 10.2 Å². The smallest absolute Gasteiger partial charge is 0.247 e. The molecule has 1 aliphatic heterocycles. The van der Waals surface area contributed by atoms with Crippen LogP contribution in [0.25, 0.3) is 0 Å². The number of hydrogen-bond donors (Lipinski definition) is 2. The predicted molar refractivity (Wildman–Crippen MR) is 144 cm³/mol. The van der Waals surface area contributed by atoms with E-state index >= 15 is 0 Å². The number of hydrogen-bond acceptors (Lipinski definition) is 7. The zero-order chi connectivity index (χ0) is 26.9. The molecule has 1 saturated carbocycles. The standard InChI is InChI=1S/C22H31N3O.C6H8N2O2/c1-7-8-16(15-23-5)20(21(26)24-18-11-12-18)25(6)19-13-9-17(10-14-19)22(2,3)4;7-4-8-2-6(10)1-5(8)3-9/h7-10,13-15,18,20H,5,11-12H2,1-4,6H3,(H,24,26);3,5-6,10H,1-2H2/b8-7-,16-15+;. The van der Waals surface area contributed by atoms with E-state index in [1.807, 2.05) is 37.2 Å². The first-order valence-electron chi connectivity index (χ1n) is 12.3. The highest BCUT2D eigenvalue weighted by Crippen LogP contribution is 2.27. The number of allylic oxidation sites excluding steroid dienone is 1. The average molecular weight is 494 g/mol. The van der Waals surface area contributed by atoms with Crippen LogP contribution in [0.15, 0.2) is 53.2 Å². The first-order valence-corrected chi connectivity index (χ1v) is 12.3. The monoisotopic (exact) mass is 493 g/mol. The molecule has 3 unspecified atom stereocenters. The number of rotatable bonds is 8. The lowest BCUT2D eigenvalue weighted by atomic mass is 9.87. The molecule has 0 bridgehead atoms. The van der Waals surface area contributed by atoms with Gasteiger partial charge in [0.2, 0.25) is 5.91 Å². The van der Waals surface area contributed by atoms with E-state index in [4.69, 9.17) is 10.4 Å². The quantitative estimate of drug-likeness (QED) is 0.249. The number of amides is 1. The minimum absolute atomic E-state index is 0.00268. The molecule has 1 saturated heterocycles. The fourth-order valence-corrected chi connectivity index (χ4v) is 3.99. The molecule has 8 nitrogen and oxygen atoms in total. The van der Waals surface area contributed by atoms with Gasteiger partial charge in [0, 0.05) is 37.0 Å². The van der Waals surface area contributed by atoms with Crippen molar-refractivity contribution >= 4 is 24.6 Å². The minimum atomic E-state index is -0.519. The van der Waals surface area contributed by atoms with E-state index in [9.17, 15) is 9.59 Å². The molecular weight excluding hydrogens is 454 g/mol. The van der Waals surface area contributed by atoms with Crippen LogP contribution in [0, 0.1) is 11.5 Å². The zero-order valence-corrected chi connectivity index (χ0v) is 22.0. The Morgan fingerprint density at radius 1 is 1.33 bits per heavy atom. The number of β-amino-alcohol motifs (C(OH)–C–C–N with tert-alkyl or cyclic N) is 1. The lowest BCUT2D eigenvalue weighted by Crippen LogP contribution is -2.47. The summed E-state index contributed by atoms with van der Waals surface area (Å²) in [6.07, 6.45) is 10.0. The van der Waals surface area contributed by atoms with Gasteiger partial charge in [-0.15, -0.1) is 0 Å². The fraction of sp³-hybridized carbons (Fsp3) is 0.500. The van der Waals surface area contributed by atoms with Gasteiger partial charge in [0.1, 0.15) is 12.3 Å². The molecule has 3 rings (SSSR count). The van der Waals surface area contributed by atoms with Gasteiger partial charge in [0.25, 0.3) is 0 Å². The molecule has 1 aromatic carbocycles. The number of aliphatic imine (C=N–C) groups is 1. The van der Waals surface area contributed by atoms with Crippen molar-refractivity contribution < 1.29 is 14.7 Å². The van der Waals surface area contributed by atoms with Crippen LogP contribution in [-0.2, 0) is 15.0 Å². The molecule has 194 valence electrons. The van der Waals surface area contributed by atoms with E-state index in [1.54, 1.807) is 6.20 Å². The maximum atomic E-state index is 12.9. The van der Waals surface area contributed by atoms with E-state index in [0.29, 0.717) is 25.3 Å². The zero-order valence-electron chi connectivity index (χ0n) is 22.0. The SMILES string of the molecule is C=N/C=C(\C=C/C)C(C(=O)NC1CC1)N(C)c1ccc(C(C)(C)C)cc1.N#CN1CC(O)CC1C=O. The predicted octanol–water partition coefficient (Wildman–Crippen LogP) is 3.33. The number of aliphatic hydroxyl groups excluding tert-OH is 1. The van der Waals surface area contributed by atoms with E-state index < -0.39 is 18.2 Å². The Hall–Kier alpha value is -3.44. The second-order valence-electron chi connectivity index (χ2n) is 10.3. The highest BCUT2D eigenvalue weighted by atomic mass is 16.3. The Kier molecular flexibility index (Phi) is 10.4. The molecular formula is C28H39N5O3. The molecule has 0 spiro atoms. The Morgan fingerprint density at radius 3 is 2.42 bits per heavy atom. The van der Waals surface area contributed by atoms with Gasteiger partial charge < -0.3 is 20.1 Å². The van der Waals surface area contributed by atoms with Gasteiger partial charge in [-0.1, -0.05) is 45.1 Å². The number of anilines is 1. The Balaban J connectivity index is 0.000000380. The molecule has 2 N–H and O–H groups in total. The van der Waals surface area contributed by atoms with Gasteiger partial charge in [-0.25, -0.2) is 0 Å².